The van der Waals surface area contributed by atoms with E-state index in [1.165, 1.54) is 25.1 Å². The number of aliphatic hydroxyl groups excluding tert-OH is 1. The smallest absolute Gasteiger partial charge is 0.269 e. The second-order valence-corrected chi connectivity index (χ2v) is 9.19. The van der Waals surface area contributed by atoms with Gasteiger partial charge in [-0.15, -0.1) is 0 Å². The minimum Gasteiger partial charge on any atom is -0.489 e. The number of nitrogen functional groups attached to an aromatic ring is 1. The number of hydrogen-bond acceptors (Lipinski definition) is 8. The van der Waals surface area contributed by atoms with Crippen LogP contribution in [-0.4, -0.2) is 77.9 Å². The Kier molecular flexibility index (Phi) is 13.8. The highest BCUT2D eigenvalue weighted by Gasteiger charge is 2.21. The number of anilines is 1. The highest BCUT2D eigenvalue weighted by atomic mass is 16.6. The van der Waals surface area contributed by atoms with Crippen molar-refractivity contribution >= 4 is 11.4 Å². The molecule has 2 aromatic rings. The Morgan fingerprint density at radius 1 is 0.865 bits per heavy atom. The molecule has 2 aliphatic rings. The second-order valence-electron chi connectivity index (χ2n) is 9.19. The molecule has 2 heterocycles. The van der Waals surface area contributed by atoms with Gasteiger partial charge in [-0.05, 0) is 95.2 Å². The first-order valence-electron chi connectivity index (χ1n) is 13.4. The largest absolute Gasteiger partial charge is 0.489 e. The van der Waals surface area contributed by atoms with Gasteiger partial charge in [-0.1, -0.05) is 13.8 Å². The quantitative estimate of drug-likeness (QED) is 0.312. The Morgan fingerprint density at radius 2 is 1.27 bits per heavy atom. The number of rotatable bonds is 7. The van der Waals surface area contributed by atoms with Crippen molar-refractivity contribution < 1.29 is 19.5 Å². The van der Waals surface area contributed by atoms with Crippen LogP contribution in [-0.2, 0) is 0 Å². The fraction of sp³-hybridized carbons (Fsp3) is 0.571. The van der Waals surface area contributed by atoms with E-state index in [0.29, 0.717) is 11.9 Å². The topological polar surface area (TPSA) is 114 Å². The van der Waals surface area contributed by atoms with Gasteiger partial charge < -0.3 is 20.3 Å². The van der Waals surface area contributed by atoms with Gasteiger partial charge >= 0.3 is 0 Å². The predicted octanol–water partition coefficient (Wildman–Crippen LogP) is 4.59. The molecular weight excluding hydrogens is 472 g/mol. The average Bonchev–Trinajstić information content (AvgIpc) is 2.91. The van der Waals surface area contributed by atoms with Crippen LogP contribution < -0.4 is 15.2 Å². The van der Waals surface area contributed by atoms with Crippen molar-refractivity contribution in [3.63, 3.8) is 0 Å². The number of nitro groups is 1. The molecule has 0 radical (unpaired) electrons. The Bertz CT molecular complexity index is 894. The molecule has 0 saturated carbocycles. The number of ether oxygens (including phenoxy) is 2. The monoisotopic (exact) mass is 516 g/mol. The zero-order valence-corrected chi connectivity index (χ0v) is 22.6. The van der Waals surface area contributed by atoms with E-state index in [1.54, 1.807) is 19.1 Å². The number of nitrogens with two attached hydrogens (primary N) is 1. The lowest BCUT2D eigenvalue weighted by Crippen LogP contribution is -2.40. The van der Waals surface area contributed by atoms with Gasteiger partial charge in [-0.25, -0.2) is 0 Å². The van der Waals surface area contributed by atoms with Crippen LogP contribution in [0.3, 0.4) is 0 Å². The first-order valence-corrected chi connectivity index (χ1v) is 13.4. The van der Waals surface area contributed by atoms with Crippen LogP contribution in [0.15, 0.2) is 48.5 Å². The lowest BCUT2D eigenvalue weighted by molar-refractivity contribution is -0.384. The van der Waals surface area contributed by atoms with Gasteiger partial charge in [0.15, 0.2) is 0 Å². The summed E-state index contributed by atoms with van der Waals surface area (Å²) in [6, 6.07) is 14.0. The van der Waals surface area contributed by atoms with Crippen LogP contribution >= 0.6 is 0 Å². The van der Waals surface area contributed by atoms with Gasteiger partial charge in [0.05, 0.1) is 4.92 Å². The van der Waals surface area contributed by atoms with Crippen molar-refractivity contribution in [2.45, 2.75) is 58.7 Å². The zero-order valence-electron chi connectivity index (χ0n) is 22.6. The maximum Gasteiger partial charge on any atom is 0.269 e. The molecule has 0 aliphatic carbocycles. The molecule has 37 heavy (non-hydrogen) atoms. The van der Waals surface area contributed by atoms with E-state index in [9.17, 15) is 10.1 Å². The third kappa shape index (κ3) is 11.4. The molecule has 9 nitrogen and oxygen atoms in total. The fourth-order valence-corrected chi connectivity index (χ4v) is 4.37. The highest BCUT2D eigenvalue weighted by molar-refractivity contribution is 5.41. The molecule has 0 amide bonds. The first-order chi connectivity index (χ1) is 17.9. The second kappa shape index (κ2) is 16.8. The number of nitro benzene ring substituents is 1. The number of piperidine rings is 2. The third-order valence-corrected chi connectivity index (χ3v) is 6.35. The van der Waals surface area contributed by atoms with Gasteiger partial charge in [0.1, 0.15) is 23.7 Å². The van der Waals surface area contributed by atoms with E-state index in [-0.39, 0.29) is 18.4 Å². The molecule has 2 saturated heterocycles. The first kappa shape index (κ1) is 30.3. The van der Waals surface area contributed by atoms with E-state index in [0.717, 1.165) is 63.4 Å². The number of likely N-dealkylation sites (N-methyl/N-ethyl adjacent to an activating group) is 2. The summed E-state index contributed by atoms with van der Waals surface area (Å²) >= 11 is 0. The lowest BCUT2D eigenvalue weighted by Gasteiger charge is -2.32. The standard InChI is InChI=1S/C13H18N2O3.C13H20N2O.C2H6O/c1-2-14-9-3-4-13(10-14)18-12-7-5-11(6-8-12)15(16)17;1-2-15-9-3-4-13(10-15)16-12-7-5-11(14)6-8-12;1-2-3/h5-8,13H,2-4,9-10H2,1H3;5-8,13H,2-4,9-10,14H2,1H3;3H,2H2,1H3. The van der Waals surface area contributed by atoms with Crippen molar-refractivity contribution in [3.05, 3.63) is 58.6 Å². The van der Waals surface area contributed by atoms with E-state index < -0.39 is 4.92 Å². The molecule has 9 heteroatoms. The van der Waals surface area contributed by atoms with Gasteiger partial charge in [-0.3, -0.25) is 19.9 Å². The van der Waals surface area contributed by atoms with Crippen LogP contribution in [0.1, 0.15) is 46.5 Å². The van der Waals surface area contributed by atoms with E-state index in [2.05, 4.69) is 23.6 Å². The molecule has 2 aliphatic heterocycles. The number of nitrogens with zero attached hydrogens (tertiary/aromatic N) is 3. The molecule has 3 N–H and O–H groups in total. The van der Waals surface area contributed by atoms with Gasteiger partial charge in [0, 0.05) is 37.5 Å². The van der Waals surface area contributed by atoms with E-state index in [1.807, 2.05) is 24.3 Å². The minimum absolute atomic E-state index is 0.0983. The Morgan fingerprint density at radius 3 is 1.65 bits per heavy atom. The Labute approximate surface area is 221 Å². The molecule has 2 atom stereocenters. The molecule has 2 fully saturated rings. The summed E-state index contributed by atoms with van der Waals surface area (Å²) in [5.74, 6) is 1.64. The molecule has 2 aromatic carbocycles. The van der Waals surface area contributed by atoms with Crippen LogP contribution in [0.5, 0.6) is 11.5 Å². The van der Waals surface area contributed by atoms with Crippen molar-refractivity contribution in [3.8, 4) is 11.5 Å². The average molecular weight is 517 g/mol. The minimum atomic E-state index is -0.400. The third-order valence-electron chi connectivity index (χ3n) is 6.35. The molecule has 0 aromatic heterocycles. The van der Waals surface area contributed by atoms with Gasteiger partial charge in [0.2, 0.25) is 0 Å². The van der Waals surface area contributed by atoms with Crippen molar-refractivity contribution in [1.82, 2.24) is 9.80 Å². The van der Waals surface area contributed by atoms with E-state index >= 15 is 0 Å². The van der Waals surface area contributed by atoms with Crippen molar-refractivity contribution in [1.29, 1.82) is 0 Å². The van der Waals surface area contributed by atoms with Crippen molar-refractivity contribution in [2.24, 2.45) is 0 Å². The predicted molar refractivity (Wildman–Crippen MR) is 148 cm³/mol. The van der Waals surface area contributed by atoms with Crippen molar-refractivity contribution in [2.75, 3.05) is 51.6 Å². The summed E-state index contributed by atoms with van der Waals surface area (Å²) < 4.78 is 11.8. The Hall–Kier alpha value is -2.88. The van der Waals surface area contributed by atoms with Gasteiger partial charge in [0.25, 0.3) is 5.69 Å². The van der Waals surface area contributed by atoms with Gasteiger partial charge in [-0.2, -0.15) is 0 Å². The van der Waals surface area contributed by atoms with Crippen LogP contribution in [0, 0.1) is 10.1 Å². The van der Waals surface area contributed by atoms with Crippen LogP contribution in [0.2, 0.25) is 0 Å². The number of hydrogen-bond donors (Lipinski definition) is 2. The maximum atomic E-state index is 10.5. The summed E-state index contributed by atoms with van der Waals surface area (Å²) in [4.78, 5) is 14.9. The number of benzene rings is 2. The number of non-ortho nitro benzene ring substituents is 1. The molecular formula is C28H44N4O5. The summed E-state index contributed by atoms with van der Waals surface area (Å²) in [6.07, 6.45) is 5.10. The molecule has 206 valence electrons. The highest BCUT2D eigenvalue weighted by Crippen LogP contribution is 2.22. The SMILES string of the molecule is CCN1CCCC(Oc2ccc(N)cc2)C1.CCN1CCCC(Oc2ccc([N+](=O)[O-])cc2)C1.CCO. The molecule has 4 rings (SSSR count). The molecule has 2 unspecified atom stereocenters. The van der Waals surface area contributed by atoms with Crippen LogP contribution in [0.25, 0.3) is 0 Å². The Balaban J connectivity index is 0.000000237. The summed E-state index contributed by atoms with van der Waals surface area (Å²) in [7, 11) is 0. The van der Waals surface area contributed by atoms with E-state index in [4.69, 9.17) is 20.3 Å². The fourth-order valence-electron chi connectivity index (χ4n) is 4.37. The summed E-state index contributed by atoms with van der Waals surface area (Å²) in [5, 5.41) is 18.1. The number of likely N-dealkylation sites (tertiary alicyclic amines) is 2. The summed E-state index contributed by atoms with van der Waals surface area (Å²) in [6.45, 7) is 12.8. The molecule has 0 spiro atoms. The van der Waals surface area contributed by atoms with Crippen LogP contribution in [0.4, 0.5) is 11.4 Å². The lowest BCUT2D eigenvalue weighted by atomic mass is 10.1. The normalized spacial score (nSPS) is 20.0. The summed E-state index contributed by atoms with van der Waals surface area (Å²) in [5.41, 5.74) is 6.52. The molecule has 0 bridgehead atoms. The zero-order chi connectivity index (χ0) is 27.0. The maximum absolute atomic E-state index is 10.5. The number of aliphatic hydroxyl groups is 1.